The highest BCUT2D eigenvalue weighted by atomic mass is 16.5. The highest BCUT2D eigenvalue weighted by Crippen LogP contribution is 2.16. The van der Waals surface area contributed by atoms with E-state index in [1.54, 1.807) is 7.11 Å². The molecule has 0 unspecified atom stereocenters. The molecule has 0 heterocycles. The van der Waals surface area contributed by atoms with Crippen LogP contribution in [-0.4, -0.2) is 19.3 Å². The van der Waals surface area contributed by atoms with Crippen LogP contribution >= 0.6 is 0 Å². The molecule has 0 saturated heterocycles. The van der Waals surface area contributed by atoms with Crippen molar-refractivity contribution < 1.29 is 4.74 Å². The lowest BCUT2D eigenvalue weighted by Crippen LogP contribution is -2.38. The summed E-state index contributed by atoms with van der Waals surface area (Å²) in [5.41, 5.74) is 5.46. The summed E-state index contributed by atoms with van der Waals surface area (Å²) >= 11 is 0. The zero-order chi connectivity index (χ0) is 7.33. The number of hydrogen-bond acceptors (Lipinski definition) is 2. The maximum Gasteiger partial charge on any atom is 0.0795 e. The summed E-state index contributed by atoms with van der Waals surface area (Å²) in [5, 5.41) is 0. The van der Waals surface area contributed by atoms with E-state index in [4.69, 9.17) is 10.5 Å². The summed E-state index contributed by atoms with van der Waals surface area (Å²) in [5.74, 6) is 0. The van der Waals surface area contributed by atoms with E-state index in [0.717, 1.165) is 12.8 Å². The summed E-state index contributed by atoms with van der Waals surface area (Å²) in [6.45, 7) is 4.82. The van der Waals surface area contributed by atoms with E-state index in [9.17, 15) is 0 Å². The van der Waals surface area contributed by atoms with E-state index in [1.807, 2.05) is 0 Å². The smallest absolute Gasteiger partial charge is 0.0795 e. The molecule has 0 rings (SSSR count). The number of ether oxygens (including phenoxy) is 1. The van der Waals surface area contributed by atoms with Crippen molar-refractivity contribution in [1.82, 2.24) is 0 Å². The first-order valence-electron chi connectivity index (χ1n) is 3.50. The maximum atomic E-state index is 5.51. The molecule has 56 valence electrons. The van der Waals surface area contributed by atoms with Crippen LogP contribution < -0.4 is 5.73 Å². The Balaban J connectivity index is 3.82. The van der Waals surface area contributed by atoms with Gasteiger partial charge >= 0.3 is 0 Å². The molecule has 0 fully saturated rings. The molecule has 9 heavy (non-hydrogen) atoms. The number of nitrogens with two attached hydrogens (primary N) is 1. The van der Waals surface area contributed by atoms with E-state index in [1.165, 1.54) is 0 Å². The minimum absolute atomic E-state index is 0.0556. The Labute approximate surface area is 57.4 Å². The largest absolute Gasteiger partial charge is 0.377 e. The zero-order valence-corrected chi connectivity index (χ0v) is 6.61. The lowest BCUT2D eigenvalue weighted by molar-refractivity contribution is -0.00877. The molecule has 0 aromatic carbocycles. The predicted octanol–water partition coefficient (Wildman–Crippen LogP) is 1.15. The van der Waals surface area contributed by atoms with Crippen LogP contribution in [0.5, 0.6) is 0 Å². The van der Waals surface area contributed by atoms with Crippen molar-refractivity contribution in [1.29, 1.82) is 0 Å². The van der Waals surface area contributed by atoms with Crippen molar-refractivity contribution in [2.75, 3.05) is 13.7 Å². The third kappa shape index (κ3) is 1.95. The molecule has 0 saturated carbocycles. The summed E-state index contributed by atoms with van der Waals surface area (Å²) in [7, 11) is 1.72. The SMILES string of the molecule is CCC(CC)(CN)OC. The molecular formula is C7H17NO. The Morgan fingerprint density at radius 1 is 1.33 bits per heavy atom. The van der Waals surface area contributed by atoms with Gasteiger partial charge in [-0.05, 0) is 12.8 Å². The van der Waals surface area contributed by atoms with Crippen LogP contribution in [0, 0.1) is 0 Å². The molecule has 0 aliphatic carbocycles. The van der Waals surface area contributed by atoms with Crippen molar-refractivity contribution in [3.63, 3.8) is 0 Å². The Bertz CT molecular complexity index is 51.8. The molecule has 0 radical (unpaired) electrons. The molecule has 0 aromatic rings. The van der Waals surface area contributed by atoms with Crippen molar-refractivity contribution in [3.05, 3.63) is 0 Å². The minimum atomic E-state index is -0.0556. The quantitative estimate of drug-likeness (QED) is 0.621. The topological polar surface area (TPSA) is 35.2 Å². The normalized spacial score (nSPS) is 12.0. The van der Waals surface area contributed by atoms with Gasteiger partial charge < -0.3 is 10.5 Å². The summed E-state index contributed by atoms with van der Waals surface area (Å²) in [6, 6.07) is 0. The first-order valence-corrected chi connectivity index (χ1v) is 3.50. The van der Waals surface area contributed by atoms with Gasteiger partial charge in [-0.25, -0.2) is 0 Å². The van der Waals surface area contributed by atoms with Crippen molar-refractivity contribution in [3.8, 4) is 0 Å². The average Bonchev–Trinajstić information content (AvgIpc) is 1.95. The van der Waals surface area contributed by atoms with Gasteiger partial charge in [0, 0.05) is 13.7 Å². The van der Waals surface area contributed by atoms with E-state index in [0.29, 0.717) is 6.54 Å². The third-order valence-corrected chi connectivity index (χ3v) is 2.09. The predicted molar refractivity (Wildman–Crippen MR) is 39.4 cm³/mol. The van der Waals surface area contributed by atoms with Gasteiger partial charge in [0.2, 0.25) is 0 Å². The van der Waals surface area contributed by atoms with Gasteiger partial charge in [0.05, 0.1) is 5.60 Å². The Morgan fingerprint density at radius 2 is 1.78 bits per heavy atom. The molecule has 0 amide bonds. The summed E-state index contributed by atoms with van der Waals surface area (Å²) in [4.78, 5) is 0. The molecular weight excluding hydrogens is 114 g/mol. The van der Waals surface area contributed by atoms with Crippen LogP contribution in [0.2, 0.25) is 0 Å². The van der Waals surface area contributed by atoms with Gasteiger partial charge in [0.15, 0.2) is 0 Å². The average molecular weight is 131 g/mol. The molecule has 0 bridgehead atoms. The van der Waals surface area contributed by atoms with Gasteiger partial charge in [-0.15, -0.1) is 0 Å². The first-order chi connectivity index (χ1) is 4.24. The van der Waals surface area contributed by atoms with Crippen LogP contribution in [0.15, 0.2) is 0 Å². The molecule has 0 atom stereocenters. The summed E-state index contributed by atoms with van der Waals surface area (Å²) in [6.07, 6.45) is 1.99. The Morgan fingerprint density at radius 3 is 1.78 bits per heavy atom. The van der Waals surface area contributed by atoms with Crippen LogP contribution in [0.25, 0.3) is 0 Å². The fourth-order valence-corrected chi connectivity index (χ4v) is 0.911. The molecule has 0 spiro atoms. The highest BCUT2D eigenvalue weighted by Gasteiger charge is 2.22. The molecule has 0 aromatic heterocycles. The Hall–Kier alpha value is -0.0800. The lowest BCUT2D eigenvalue weighted by Gasteiger charge is -2.27. The monoisotopic (exact) mass is 131 g/mol. The number of hydrogen-bond donors (Lipinski definition) is 1. The van der Waals surface area contributed by atoms with Crippen molar-refractivity contribution in [2.24, 2.45) is 5.73 Å². The fourth-order valence-electron chi connectivity index (χ4n) is 0.911. The van der Waals surface area contributed by atoms with Gasteiger partial charge in [0.25, 0.3) is 0 Å². The second kappa shape index (κ2) is 3.85. The van der Waals surface area contributed by atoms with E-state index in [-0.39, 0.29) is 5.60 Å². The molecule has 2 heteroatoms. The molecule has 2 N–H and O–H groups in total. The molecule has 2 nitrogen and oxygen atoms in total. The minimum Gasteiger partial charge on any atom is -0.377 e. The van der Waals surface area contributed by atoms with E-state index < -0.39 is 0 Å². The number of rotatable bonds is 4. The fraction of sp³-hybridized carbons (Fsp3) is 1.00. The van der Waals surface area contributed by atoms with Crippen molar-refractivity contribution >= 4 is 0 Å². The Kier molecular flexibility index (Phi) is 3.82. The second-order valence-corrected chi connectivity index (χ2v) is 2.30. The van der Waals surface area contributed by atoms with Crippen LogP contribution in [0.1, 0.15) is 26.7 Å². The number of methoxy groups -OCH3 is 1. The highest BCUT2D eigenvalue weighted by molar-refractivity contribution is 4.77. The van der Waals surface area contributed by atoms with E-state index in [2.05, 4.69) is 13.8 Å². The molecule has 0 aliphatic heterocycles. The lowest BCUT2D eigenvalue weighted by atomic mass is 9.98. The standard InChI is InChI=1S/C7H17NO/c1-4-7(5-2,6-8)9-3/h4-6,8H2,1-3H3. The third-order valence-electron chi connectivity index (χ3n) is 2.09. The van der Waals surface area contributed by atoms with Crippen LogP contribution in [-0.2, 0) is 4.74 Å². The van der Waals surface area contributed by atoms with Crippen LogP contribution in [0.3, 0.4) is 0 Å². The second-order valence-electron chi connectivity index (χ2n) is 2.30. The van der Waals surface area contributed by atoms with Gasteiger partial charge in [0.1, 0.15) is 0 Å². The molecule has 0 aliphatic rings. The van der Waals surface area contributed by atoms with Crippen molar-refractivity contribution in [2.45, 2.75) is 32.3 Å². The zero-order valence-electron chi connectivity index (χ0n) is 6.61. The van der Waals surface area contributed by atoms with Gasteiger partial charge in [-0.1, -0.05) is 13.8 Å². The van der Waals surface area contributed by atoms with Crippen LogP contribution in [0.4, 0.5) is 0 Å². The van der Waals surface area contributed by atoms with Gasteiger partial charge in [-0.2, -0.15) is 0 Å². The van der Waals surface area contributed by atoms with E-state index >= 15 is 0 Å². The maximum absolute atomic E-state index is 5.51. The summed E-state index contributed by atoms with van der Waals surface area (Å²) < 4.78 is 5.26. The van der Waals surface area contributed by atoms with Gasteiger partial charge in [-0.3, -0.25) is 0 Å². The first kappa shape index (κ1) is 8.92.